The van der Waals surface area contributed by atoms with Crippen LogP contribution < -0.4 is 5.73 Å². The van der Waals surface area contributed by atoms with Gasteiger partial charge in [0.05, 0.1) is 6.07 Å². The monoisotopic (exact) mass is 257 g/mol. The summed E-state index contributed by atoms with van der Waals surface area (Å²) in [5.41, 5.74) is 6.38. The highest BCUT2D eigenvalue weighted by Gasteiger charge is 2.36. The molecule has 0 bridgehead atoms. The smallest absolute Gasteiger partial charge is 0.142 e. The normalized spacial score (nSPS) is 18.0. The van der Waals surface area contributed by atoms with E-state index in [4.69, 9.17) is 5.73 Å². The van der Waals surface area contributed by atoms with E-state index in [1.165, 1.54) is 25.7 Å². The molecular weight excluding hydrogens is 234 g/mol. The SMILES string of the molecule is CCCCN(CC(N)(C#N)c1ccccc1)C1CC1. The van der Waals surface area contributed by atoms with Crippen LogP contribution in [-0.2, 0) is 5.54 Å². The van der Waals surface area contributed by atoms with Gasteiger partial charge in [-0.3, -0.25) is 4.90 Å². The van der Waals surface area contributed by atoms with Crippen LogP contribution in [0.25, 0.3) is 0 Å². The number of nitrogens with two attached hydrogens (primary N) is 1. The lowest BCUT2D eigenvalue weighted by molar-refractivity contribution is 0.221. The first-order chi connectivity index (χ1) is 9.19. The van der Waals surface area contributed by atoms with Crippen molar-refractivity contribution in [1.29, 1.82) is 5.26 Å². The van der Waals surface area contributed by atoms with Crippen LogP contribution in [-0.4, -0.2) is 24.0 Å². The summed E-state index contributed by atoms with van der Waals surface area (Å²) in [5, 5.41) is 9.51. The van der Waals surface area contributed by atoms with Gasteiger partial charge in [0.1, 0.15) is 5.54 Å². The predicted molar refractivity (Wildman–Crippen MR) is 77.4 cm³/mol. The summed E-state index contributed by atoms with van der Waals surface area (Å²) in [6.45, 7) is 3.88. The van der Waals surface area contributed by atoms with Gasteiger partial charge in [0.2, 0.25) is 0 Å². The number of hydrogen-bond donors (Lipinski definition) is 1. The molecule has 0 heterocycles. The largest absolute Gasteiger partial charge is 0.309 e. The molecule has 3 heteroatoms. The van der Waals surface area contributed by atoms with Crippen molar-refractivity contribution < 1.29 is 0 Å². The third-order valence-electron chi connectivity index (χ3n) is 3.80. The van der Waals surface area contributed by atoms with E-state index >= 15 is 0 Å². The molecule has 1 aliphatic rings. The Morgan fingerprint density at radius 2 is 2.05 bits per heavy atom. The van der Waals surface area contributed by atoms with Gasteiger partial charge in [-0.25, -0.2) is 0 Å². The van der Waals surface area contributed by atoms with Crippen molar-refractivity contribution in [2.75, 3.05) is 13.1 Å². The number of rotatable bonds is 7. The maximum absolute atomic E-state index is 9.51. The van der Waals surface area contributed by atoms with Crippen molar-refractivity contribution in [1.82, 2.24) is 4.90 Å². The summed E-state index contributed by atoms with van der Waals surface area (Å²) in [6.07, 6.45) is 4.85. The quantitative estimate of drug-likeness (QED) is 0.817. The molecule has 19 heavy (non-hydrogen) atoms. The number of benzene rings is 1. The minimum Gasteiger partial charge on any atom is -0.309 e. The lowest BCUT2D eigenvalue weighted by Crippen LogP contribution is -2.47. The van der Waals surface area contributed by atoms with Gasteiger partial charge in [-0.05, 0) is 31.4 Å². The van der Waals surface area contributed by atoms with Crippen molar-refractivity contribution in [2.45, 2.75) is 44.2 Å². The summed E-state index contributed by atoms with van der Waals surface area (Å²) in [5.74, 6) is 0. The van der Waals surface area contributed by atoms with E-state index in [0.717, 1.165) is 12.1 Å². The molecule has 1 aliphatic carbocycles. The van der Waals surface area contributed by atoms with Gasteiger partial charge in [0, 0.05) is 12.6 Å². The van der Waals surface area contributed by atoms with E-state index in [1.807, 2.05) is 30.3 Å². The van der Waals surface area contributed by atoms with E-state index in [-0.39, 0.29) is 0 Å². The Bertz CT molecular complexity index is 433. The zero-order chi connectivity index (χ0) is 13.7. The number of hydrogen-bond acceptors (Lipinski definition) is 3. The topological polar surface area (TPSA) is 53.0 Å². The van der Waals surface area contributed by atoms with Crippen molar-refractivity contribution >= 4 is 0 Å². The standard InChI is InChI=1S/C16H23N3/c1-2-3-11-19(15-9-10-15)13-16(18,12-17)14-7-5-4-6-8-14/h4-8,15H,2-3,9-11,13,18H2,1H3. The Kier molecular flexibility index (Phi) is 4.57. The molecule has 102 valence electrons. The number of nitrogens with zero attached hydrogens (tertiary/aromatic N) is 2. The molecular formula is C16H23N3. The van der Waals surface area contributed by atoms with Crippen LogP contribution in [0.3, 0.4) is 0 Å². The van der Waals surface area contributed by atoms with Crippen molar-refractivity contribution in [2.24, 2.45) is 5.73 Å². The van der Waals surface area contributed by atoms with Crippen LogP contribution in [0, 0.1) is 11.3 Å². The van der Waals surface area contributed by atoms with Gasteiger partial charge in [-0.15, -0.1) is 0 Å². The second-order valence-corrected chi connectivity index (χ2v) is 5.50. The predicted octanol–water partition coefficient (Wildman–Crippen LogP) is 2.63. The van der Waals surface area contributed by atoms with Gasteiger partial charge in [-0.1, -0.05) is 43.7 Å². The fourth-order valence-corrected chi connectivity index (χ4v) is 2.44. The summed E-state index contributed by atoms with van der Waals surface area (Å²) in [6, 6.07) is 12.7. The average molecular weight is 257 g/mol. The van der Waals surface area contributed by atoms with E-state index in [2.05, 4.69) is 17.9 Å². The molecule has 1 fully saturated rings. The molecule has 1 aromatic carbocycles. The highest BCUT2D eigenvalue weighted by atomic mass is 15.2. The first-order valence-electron chi connectivity index (χ1n) is 7.19. The Labute approximate surface area is 116 Å². The molecule has 2 rings (SSSR count). The maximum atomic E-state index is 9.51. The summed E-state index contributed by atoms with van der Waals surface area (Å²) in [7, 11) is 0. The minimum absolute atomic E-state index is 0.637. The maximum Gasteiger partial charge on any atom is 0.142 e. The highest BCUT2D eigenvalue weighted by molar-refractivity contribution is 5.31. The van der Waals surface area contributed by atoms with Crippen LogP contribution >= 0.6 is 0 Å². The first kappa shape index (κ1) is 14.0. The van der Waals surface area contributed by atoms with Gasteiger partial charge >= 0.3 is 0 Å². The van der Waals surface area contributed by atoms with Gasteiger partial charge < -0.3 is 5.73 Å². The minimum atomic E-state index is -0.891. The van der Waals surface area contributed by atoms with Crippen molar-refractivity contribution in [3.63, 3.8) is 0 Å². The fraction of sp³-hybridized carbons (Fsp3) is 0.562. The molecule has 0 radical (unpaired) electrons. The molecule has 1 aromatic rings. The Hall–Kier alpha value is -1.37. The molecule has 0 saturated heterocycles. The Balaban J connectivity index is 2.10. The third kappa shape index (κ3) is 3.56. The second kappa shape index (κ2) is 6.18. The molecule has 1 atom stereocenters. The summed E-state index contributed by atoms with van der Waals surface area (Å²) < 4.78 is 0. The lowest BCUT2D eigenvalue weighted by Gasteiger charge is -2.31. The summed E-state index contributed by atoms with van der Waals surface area (Å²) >= 11 is 0. The van der Waals surface area contributed by atoms with E-state index < -0.39 is 5.54 Å². The zero-order valence-electron chi connectivity index (χ0n) is 11.7. The van der Waals surface area contributed by atoms with Gasteiger partial charge in [0.25, 0.3) is 0 Å². The van der Waals surface area contributed by atoms with Crippen LogP contribution in [0.15, 0.2) is 30.3 Å². The van der Waals surface area contributed by atoms with Crippen molar-refractivity contribution in [3.8, 4) is 6.07 Å². The lowest BCUT2D eigenvalue weighted by atomic mass is 9.91. The molecule has 2 N–H and O–H groups in total. The van der Waals surface area contributed by atoms with Crippen LogP contribution in [0.2, 0.25) is 0 Å². The summed E-state index contributed by atoms with van der Waals surface area (Å²) in [4.78, 5) is 2.40. The van der Waals surface area contributed by atoms with Crippen LogP contribution in [0.4, 0.5) is 0 Å². The fourth-order valence-electron chi connectivity index (χ4n) is 2.44. The molecule has 1 unspecified atom stereocenters. The van der Waals surface area contributed by atoms with E-state index in [9.17, 15) is 5.26 Å². The number of nitriles is 1. The molecule has 0 amide bonds. The van der Waals surface area contributed by atoms with E-state index in [0.29, 0.717) is 12.6 Å². The molecule has 0 spiro atoms. The molecule has 1 saturated carbocycles. The molecule has 3 nitrogen and oxygen atoms in total. The van der Waals surface area contributed by atoms with Gasteiger partial charge in [-0.2, -0.15) is 5.26 Å². The van der Waals surface area contributed by atoms with Gasteiger partial charge in [0.15, 0.2) is 0 Å². The first-order valence-corrected chi connectivity index (χ1v) is 7.19. The van der Waals surface area contributed by atoms with Crippen LogP contribution in [0.5, 0.6) is 0 Å². The average Bonchev–Trinajstić information content (AvgIpc) is 3.29. The third-order valence-corrected chi connectivity index (χ3v) is 3.80. The highest BCUT2D eigenvalue weighted by Crippen LogP contribution is 2.30. The molecule has 0 aromatic heterocycles. The second-order valence-electron chi connectivity index (χ2n) is 5.50. The van der Waals surface area contributed by atoms with E-state index in [1.54, 1.807) is 0 Å². The Morgan fingerprint density at radius 1 is 1.37 bits per heavy atom. The van der Waals surface area contributed by atoms with Crippen molar-refractivity contribution in [3.05, 3.63) is 35.9 Å². The number of unbranched alkanes of at least 4 members (excludes halogenated alkanes) is 1. The Morgan fingerprint density at radius 3 is 2.58 bits per heavy atom. The molecule has 0 aliphatic heterocycles. The van der Waals surface area contributed by atoms with Crippen LogP contribution in [0.1, 0.15) is 38.2 Å². The zero-order valence-corrected chi connectivity index (χ0v) is 11.7.